The number of para-hydroxylation sites is 6. The Morgan fingerprint density at radius 3 is 0.639 bits per heavy atom. The van der Waals surface area contributed by atoms with Gasteiger partial charge < -0.3 is 28.9 Å². The number of rotatable bonds is 9. The van der Waals surface area contributed by atoms with Crippen LogP contribution in [0.3, 0.4) is 0 Å². The lowest BCUT2D eigenvalue weighted by atomic mass is 9.70. The van der Waals surface area contributed by atoms with Crippen molar-refractivity contribution in [3.05, 3.63) is 182 Å². The van der Waals surface area contributed by atoms with Crippen LogP contribution in [0, 0.1) is 0 Å². The molecule has 6 atom stereocenters. The van der Waals surface area contributed by atoms with E-state index < -0.39 is 0 Å². The molecule has 7 nitrogen and oxygen atoms in total. The van der Waals surface area contributed by atoms with Crippen molar-refractivity contribution in [2.75, 3.05) is 14.7 Å². The molecule has 3 aliphatic heterocycles. The van der Waals surface area contributed by atoms with E-state index in [9.17, 15) is 0 Å². The summed E-state index contributed by atoms with van der Waals surface area (Å²) in [5.74, 6) is 0. The fourth-order valence-electron chi connectivity index (χ4n) is 12.6. The molecule has 12 rings (SSSR count). The molecule has 0 bridgehead atoms. The quantitative estimate of drug-likeness (QED) is 0.144. The number of morpholine rings is 3. The van der Waals surface area contributed by atoms with Crippen LogP contribution in [0.2, 0.25) is 0 Å². The van der Waals surface area contributed by atoms with E-state index in [4.69, 9.17) is 14.2 Å². The Labute approximate surface area is 360 Å². The van der Waals surface area contributed by atoms with Gasteiger partial charge in [-0.1, -0.05) is 109 Å². The molecule has 61 heavy (non-hydrogen) atoms. The van der Waals surface area contributed by atoms with Gasteiger partial charge in [0.05, 0.1) is 54.7 Å². The zero-order valence-electron chi connectivity index (χ0n) is 34.5. The number of hydrogen-bond acceptors (Lipinski definition) is 7. The minimum atomic E-state index is 0.0313. The highest BCUT2D eigenvalue weighted by atomic mass is 16.5. The van der Waals surface area contributed by atoms with Crippen LogP contribution in [0.5, 0.6) is 0 Å². The van der Waals surface area contributed by atoms with Crippen LogP contribution >= 0.6 is 0 Å². The molecular formula is C54H54N4O3. The predicted molar refractivity (Wildman–Crippen MR) is 243 cm³/mol. The molecule has 6 aromatic carbocycles. The Hall–Kier alpha value is -5.44. The molecule has 0 aromatic heterocycles. The molecule has 7 heteroatoms. The zero-order chi connectivity index (χ0) is 40.3. The van der Waals surface area contributed by atoms with Crippen LogP contribution in [0.4, 0.5) is 34.1 Å². The highest BCUT2D eigenvalue weighted by Gasteiger charge is 2.66. The van der Waals surface area contributed by atoms with Gasteiger partial charge in [0.15, 0.2) is 0 Å². The van der Waals surface area contributed by atoms with Gasteiger partial charge in [-0.15, -0.1) is 0 Å². The number of hydrogen-bond donors (Lipinski definition) is 0. The smallest absolute Gasteiger partial charge is 0.0780 e. The highest BCUT2D eigenvalue weighted by molar-refractivity contribution is 5.66. The Bertz CT molecular complexity index is 1950. The first kappa shape index (κ1) is 37.3. The second-order valence-electron chi connectivity index (χ2n) is 18.1. The highest BCUT2D eigenvalue weighted by Crippen LogP contribution is 2.54. The van der Waals surface area contributed by atoms with Crippen molar-refractivity contribution in [1.82, 2.24) is 4.90 Å². The van der Waals surface area contributed by atoms with Crippen molar-refractivity contribution in [3.8, 4) is 0 Å². The van der Waals surface area contributed by atoms with E-state index in [2.05, 4.69) is 202 Å². The van der Waals surface area contributed by atoms with Crippen LogP contribution in [0.15, 0.2) is 182 Å². The molecule has 6 fully saturated rings. The van der Waals surface area contributed by atoms with E-state index in [1.54, 1.807) is 0 Å². The monoisotopic (exact) mass is 806 g/mol. The van der Waals surface area contributed by atoms with E-state index in [0.717, 1.165) is 38.5 Å². The van der Waals surface area contributed by atoms with Gasteiger partial charge in [-0.2, -0.15) is 0 Å². The van der Waals surface area contributed by atoms with Gasteiger partial charge >= 0.3 is 0 Å². The summed E-state index contributed by atoms with van der Waals surface area (Å²) >= 11 is 0. The van der Waals surface area contributed by atoms with Gasteiger partial charge in [-0.05, 0) is 111 Å². The van der Waals surface area contributed by atoms with Crippen LogP contribution in [0.25, 0.3) is 0 Å². The Balaban J connectivity index is 0.958. The zero-order valence-corrected chi connectivity index (χ0v) is 34.5. The standard InChI is InChI=1S/C54H54N4O3/c1-7-19-37(20-8-1)55(38-21-9-2-10-22-38)43-31-46-52-47(32-43)60-49-34-45(57(41-27-15-5-16-28-41)42-29-17-6-18-30-42)36-51-54(49)58(52)53-48(59-46)33-44(35-50(53)61-51)56(39-23-11-3-12-24-39)40-25-13-4-14-26-40/h1-30,43-54H,31-36H2. The molecule has 3 saturated carbocycles. The first-order valence-electron chi connectivity index (χ1n) is 22.7. The van der Waals surface area contributed by atoms with Crippen LogP contribution in [-0.2, 0) is 14.2 Å². The number of benzene rings is 6. The Morgan fingerprint density at radius 2 is 0.459 bits per heavy atom. The van der Waals surface area contributed by atoms with Crippen LogP contribution in [0.1, 0.15) is 38.5 Å². The van der Waals surface area contributed by atoms with Crippen molar-refractivity contribution in [3.63, 3.8) is 0 Å². The summed E-state index contributed by atoms with van der Waals surface area (Å²) in [6.07, 6.45) is 5.81. The molecule has 3 heterocycles. The van der Waals surface area contributed by atoms with E-state index >= 15 is 0 Å². The van der Waals surface area contributed by atoms with Crippen LogP contribution < -0.4 is 14.7 Å². The van der Waals surface area contributed by atoms with Gasteiger partial charge in [0.1, 0.15) is 0 Å². The molecule has 6 aromatic rings. The van der Waals surface area contributed by atoms with Crippen molar-refractivity contribution in [2.24, 2.45) is 0 Å². The Kier molecular flexibility index (Phi) is 9.66. The normalized spacial score (nSPS) is 32.3. The summed E-state index contributed by atoms with van der Waals surface area (Å²) in [4.78, 5) is 10.7. The number of nitrogens with zero attached hydrogens (tertiary/aromatic N) is 4. The summed E-state index contributed by atoms with van der Waals surface area (Å²) in [7, 11) is 0. The topological polar surface area (TPSA) is 40.6 Å². The first-order chi connectivity index (χ1) is 30.2. The lowest BCUT2D eigenvalue weighted by Crippen LogP contribution is -2.83. The SMILES string of the molecule is c1ccc(N(c2ccccc2)C2CC3OC4CC(N(c5ccccc5)c5ccccc5)CC5OC6CC(N(c7ccccc7)c7ccccc7)CC7OC(C2)C3N(C45)C76)cc1. The lowest BCUT2D eigenvalue weighted by Gasteiger charge is -2.69. The van der Waals surface area contributed by atoms with E-state index in [0.29, 0.717) is 0 Å². The molecule has 6 unspecified atom stereocenters. The summed E-state index contributed by atoms with van der Waals surface area (Å²) < 4.78 is 22.9. The predicted octanol–water partition coefficient (Wildman–Crippen LogP) is 10.7. The fourth-order valence-corrected chi connectivity index (χ4v) is 12.6. The van der Waals surface area contributed by atoms with Gasteiger partial charge in [-0.25, -0.2) is 0 Å². The number of ether oxygens (including phenoxy) is 3. The molecule has 308 valence electrons. The van der Waals surface area contributed by atoms with Crippen molar-refractivity contribution in [1.29, 1.82) is 0 Å². The maximum Gasteiger partial charge on any atom is 0.0780 e. The maximum atomic E-state index is 7.62. The molecular weight excluding hydrogens is 753 g/mol. The minimum absolute atomic E-state index is 0.0313. The minimum Gasteiger partial charge on any atom is -0.371 e. The summed E-state index contributed by atoms with van der Waals surface area (Å²) in [6.45, 7) is 0. The van der Waals surface area contributed by atoms with Crippen molar-refractivity contribution >= 4 is 34.1 Å². The second kappa shape index (κ2) is 15.8. The van der Waals surface area contributed by atoms with Crippen molar-refractivity contribution < 1.29 is 14.2 Å². The fraction of sp³-hybridized carbons (Fsp3) is 0.333. The van der Waals surface area contributed by atoms with Gasteiger partial charge in [0.2, 0.25) is 0 Å². The second-order valence-corrected chi connectivity index (χ2v) is 18.1. The molecule has 3 saturated heterocycles. The Morgan fingerprint density at radius 1 is 0.279 bits per heavy atom. The maximum absolute atomic E-state index is 7.62. The van der Waals surface area contributed by atoms with E-state index in [1.807, 2.05) is 0 Å². The third-order valence-corrected chi connectivity index (χ3v) is 14.7. The van der Waals surface area contributed by atoms with Crippen LogP contribution in [-0.4, -0.2) is 77.8 Å². The molecule has 0 radical (unpaired) electrons. The third kappa shape index (κ3) is 6.65. The average Bonchev–Trinajstić information content (AvgIpc) is 3.31. The third-order valence-electron chi connectivity index (χ3n) is 14.7. The lowest BCUT2D eigenvalue weighted by molar-refractivity contribution is -0.335. The average molecular weight is 807 g/mol. The van der Waals surface area contributed by atoms with Gasteiger partial charge in [0, 0.05) is 52.2 Å². The molecule has 0 spiro atoms. The van der Waals surface area contributed by atoms with Crippen molar-refractivity contribution in [2.45, 2.75) is 111 Å². The molecule has 6 aliphatic rings. The molecule has 0 amide bonds. The van der Waals surface area contributed by atoms with E-state index in [1.165, 1.54) is 34.1 Å². The molecule has 0 N–H and O–H groups in total. The first-order valence-corrected chi connectivity index (χ1v) is 22.7. The van der Waals surface area contributed by atoms with E-state index in [-0.39, 0.29) is 72.9 Å². The summed E-state index contributed by atoms with van der Waals surface area (Å²) in [5, 5.41) is 0. The summed E-state index contributed by atoms with van der Waals surface area (Å²) in [5.41, 5.74) is 7.27. The number of anilines is 6. The van der Waals surface area contributed by atoms with Gasteiger partial charge in [0.25, 0.3) is 0 Å². The largest absolute Gasteiger partial charge is 0.371 e. The summed E-state index contributed by atoms with van der Waals surface area (Å²) in [6, 6.07) is 66.9. The van der Waals surface area contributed by atoms with Gasteiger partial charge in [-0.3, -0.25) is 4.90 Å². The molecule has 3 aliphatic carbocycles.